The summed E-state index contributed by atoms with van der Waals surface area (Å²) in [7, 11) is 1.58. The number of benzene rings is 2. The molecule has 0 radical (unpaired) electrons. The first-order valence-electron chi connectivity index (χ1n) is 10.8. The molecule has 2 aromatic rings. The van der Waals surface area contributed by atoms with Crippen LogP contribution < -0.4 is 10.1 Å². The second-order valence-corrected chi connectivity index (χ2v) is 8.57. The number of methoxy groups -OCH3 is 1. The molecule has 0 bridgehead atoms. The zero-order chi connectivity index (χ0) is 20.9. The number of likely N-dealkylation sites (tertiary alicyclic amines) is 2. The van der Waals surface area contributed by atoms with Crippen LogP contribution in [0.25, 0.3) is 0 Å². The number of halogens is 1. The molecular formula is C24H30ClN3O2. The number of anilines is 1. The van der Waals surface area contributed by atoms with E-state index in [0.29, 0.717) is 22.5 Å². The summed E-state index contributed by atoms with van der Waals surface area (Å²) in [5, 5.41) is 3.55. The molecule has 30 heavy (non-hydrogen) atoms. The summed E-state index contributed by atoms with van der Waals surface area (Å²) < 4.78 is 5.21. The van der Waals surface area contributed by atoms with Crippen LogP contribution in [0.2, 0.25) is 5.02 Å². The first kappa shape index (κ1) is 21.2. The Morgan fingerprint density at radius 1 is 1.07 bits per heavy atom. The van der Waals surface area contributed by atoms with Crippen LogP contribution in [0.4, 0.5) is 5.69 Å². The molecule has 6 heteroatoms. The van der Waals surface area contributed by atoms with Gasteiger partial charge < -0.3 is 15.0 Å². The number of hydrogen-bond donors (Lipinski definition) is 1. The number of amides is 1. The number of nitrogens with one attached hydrogen (secondary N) is 1. The lowest BCUT2D eigenvalue weighted by atomic mass is 9.97. The minimum Gasteiger partial charge on any atom is -0.495 e. The Morgan fingerprint density at radius 2 is 1.77 bits per heavy atom. The van der Waals surface area contributed by atoms with Gasteiger partial charge in [0, 0.05) is 24.8 Å². The molecule has 0 aliphatic carbocycles. The van der Waals surface area contributed by atoms with Gasteiger partial charge >= 0.3 is 0 Å². The monoisotopic (exact) mass is 427 g/mol. The van der Waals surface area contributed by atoms with E-state index in [1.54, 1.807) is 19.2 Å². The summed E-state index contributed by atoms with van der Waals surface area (Å²) in [6.07, 6.45) is 4.87. The first-order chi connectivity index (χ1) is 14.7. The second kappa shape index (κ2) is 9.82. The van der Waals surface area contributed by atoms with Crippen molar-refractivity contribution in [3.63, 3.8) is 0 Å². The predicted molar refractivity (Wildman–Crippen MR) is 121 cm³/mol. The number of carbonyl (C=O) groups excluding carboxylic acids is 1. The maximum atomic E-state index is 13.4. The van der Waals surface area contributed by atoms with E-state index in [2.05, 4.69) is 15.1 Å². The summed E-state index contributed by atoms with van der Waals surface area (Å²) in [5.74, 6) is 0.570. The van der Waals surface area contributed by atoms with Crippen molar-refractivity contribution in [3.8, 4) is 5.75 Å². The average molecular weight is 428 g/mol. The first-order valence-corrected chi connectivity index (χ1v) is 11.2. The fourth-order valence-electron chi connectivity index (χ4n) is 4.73. The van der Waals surface area contributed by atoms with E-state index in [9.17, 15) is 4.79 Å². The number of rotatable bonds is 6. The van der Waals surface area contributed by atoms with E-state index < -0.39 is 0 Å². The molecule has 160 valence electrons. The molecule has 2 aliphatic rings. The molecule has 2 fully saturated rings. The maximum Gasteiger partial charge on any atom is 0.246 e. The number of carbonyl (C=O) groups is 1. The minimum absolute atomic E-state index is 0.0259. The van der Waals surface area contributed by atoms with Crippen molar-refractivity contribution in [3.05, 3.63) is 59.1 Å². The van der Waals surface area contributed by atoms with Crippen molar-refractivity contribution in [1.82, 2.24) is 9.80 Å². The van der Waals surface area contributed by atoms with Crippen LogP contribution in [-0.2, 0) is 4.79 Å². The number of ether oxygens (including phenoxy) is 1. The second-order valence-electron chi connectivity index (χ2n) is 8.16. The Hall–Kier alpha value is -2.08. The van der Waals surface area contributed by atoms with E-state index in [0.717, 1.165) is 31.5 Å². The summed E-state index contributed by atoms with van der Waals surface area (Å²) >= 11 is 6.25. The highest BCUT2D eigenvalue weighted by Crippen LogP contribution is 2.31. The highest BCUT2D eigenvalue weighted by Gasteiger charge is 2.33. The Bertz CT molecular complexity index is 847. The van der Waals surface area contributed by atoms with Gasteiger partial charge in [0.15, 0.2) is 0 Å². The Balaban J connectivity index is 1.49. The third-order valence-corrected chi connectivity index (χ3v) is 6.60. The van der Waals surface area contributed by atoms with Crippen LogP contribution in [0.3, 0.4) is 0 Å². The van der Waals surface area contributed by atoms with Crippen molar-refractivity contribution >= 4 is 23.2 Å². The molecule has 2 saturated heterocycles. The minimum atomic E-state index is -0.313. The lowest BCUT2D eigenvalue weighted by molar-refractivity contribution is -0.122. The summed E-state index contributed by atoms with van der Waals surface area (Å²) in [4.78, 5) is 18.3. The van der Waals surface area contributed by atoms with E-state index in [1.807, 2.05) is 36.4 Å². The van der Waals surface area contributed by atoms with Gasteiger partial charge in [-0.25, -0.2) is 0 Å². The highest BCUT2D eigenvalue weighted by atomic mass is 35.5. The van der Waals surface area contributed by atoms with Gasteiger partial charge in [-0.1, -0.05) is 41.9 Å². The lowest BCUT2D eigenvalue weighted by Crippen LogP contribution is -2.47. The van der Waals surface area contributed by atoms with Crippen LogP contribution in [0, 0.1) is 0 Å². The summed E-state index contributed by atoms with van der Waals surface area (Å²) in [6.45, 7) is 4.31. The van der Waals surface area contributed by atoms with Crippen molar-refractivity contribution in [1.29, 1.82) is 0 Å². The van der Waals surface area contributed by atoms with Gasteiger partial charge in [0.05, 0.1) is 12.1 Å². The largest absolute Gasteiger partial charge is 0.495 e. The molecule has 1 N–H and O–H groups in total. The Kier molecular flexibility index (Phi) is 6.93. The van der Waals surface area contributed by atoms with Crippen LogP contribution in [0.15, 0.2) is 48.5 Å². The topological polar surface area (TPSA) is 44.8 Å². The third kappa shape index (κ3) is 4.80. The van der Waals surface area contributed by atoms with E-state index >= 15 is 0 Å². The average Bonchev–Trinajstić information content (AvgIpc) is 3.30. The smallest absolute Gasteiger partial charge is 0.246 e. The summed E-state index contributed by atoms with van der Waals surface area (Å²) in [6, 6.07) is 15.7. The molecule has 2 heterocycles. The zero-order valence-corrected chi connectivity index (χ0v) is 18.3. The van der Waals surface area contributed by atoms with Crippen LogP contribution in [-0.4, -0.2) is 55.0 Å². The Labute approximate surface area is 184 Å². The molecule has 1 unspecified atom stereocenters. The number of nitrogens with zero attached hydrogens (tertiary/aromatic N) is 2. The Morgan fingerprint density at radius 3 is 2.40 bits per heavy atom. The van der Waals surface area contributed by atoms with Crippen molar-refractivity contribution in [2.24, 2.45) is 0 Å². The van der Waals surface area contributed by atoms with Gasteiger partial charge in [-0.15, -0.1) is 0 Å². The molecule has 2 aliphatic heterocycles. The van der Waals surface area contributed by atoms with Crippen molar-refractivity contribution < 1.29 is 9.53 Å². The predicted octanol–water partition coefficient (Wildman–Crippen LogP) is 4.59. The molecule has 0 aromatic heterocycles. The van der Waals surface area contributed by atoms with Crippen molar-refractivity contribution in [2.45, 2.75) is 37.8 Å². The highest BCUT2D eigenvalue weighted by molar-refractivity contribution is 6.32. The standard InChI is InChI=1S/C24H30ClN3O2/c1-30-22-10-9-19(17-21(22)25)26-24(29)23(18-7-3-2-4-8-18)28-15-11-20(12-16-28)27-13-5-6-14-27/h2-4,7-10,17,20,23H,5-6,11-16H2,1H3,(H,26,29). The van der Waals surface area contributed by atoms with Gasteiger partial charge in [-0.05, 0) is 62.5 Å². The quantitative estimate of drug-likeness (QED) is 0.732. The van der Waals surface area contributed by atoms with Gasteiger partial charge in [0.2, 0.25) is 5.91 Å². The van der Waals surface area contributed by atoms with Gasteiger partial charge in [0.25, 0.3) is 0 Å². The van der Waals surface area contributed by atoms with Crippen LogP contribution in [0.1, 0.15) is 37.3 Å². The molecular weight excluding hydrogens is 398 g/mol. The van der Waals surface area contributed by atoms with Crippen LogP contribution in [0.5, 0.6) is 5.75 Å². The molecule has 4 rings (SSSR count). The van der Waals surface area contributed by atoms with Crippen LogP contribution >= 0.6 is 11.6 Å². The third-order valence-electron chi connectivity index (χ3n) is 6.30. The SMILES string of the molecule is COc1ccc(NC(=O)C(c2ccccc2)N2CCC(N3CCCC3)CC2)cc1Cl. The van der Waals surface area contributed by atoms with Crippen molar-refractivity contribution in [2.75, 3.05) is 38.6 Å². The number of hydrogen-bond acceptors (Lipinski definition) is 4. The molecule has 1 atom stereocenters. The molecule has 2 aromatic carbocycles. The molecule has 0 saturated carbocycles. The lowest BCUT2D eigenvalue weighted by Gasteiger charge is -2.40. The molecule has 1 amide bonds. The van der Waals surface area contributed by atoms with E-state index in [1.165, 1.54) is 25.9 Å². The molecule has 0 spiro atoms. The van der Waals surface area contributed by atoms with E-state index in [-0.39, 0.29) is 11.9 Å². The van der Waals surface area contributed by atoms with E-state index in [4.69, 9.17) is 16.3 Å². The van der Waals surface area contributed by atoms with Gasteiger partial charge in [-0.3, -0.25) is 9.69 Å². The fraction of sp³-hybridized carbons (Fsp3) is 0.458. The molecule has 5 nitrogen and oxygen atoms in total. The normalized spacial score (nSPS) is 19.5. The zero-order valence-electron chi connectivity index (χ0n) is 17.5. The fourth-order valence-corrected chi connectivity index (χ4v) is 4.99. The summed E-state index contributed by atoms with van der Waals surface area (Å²) in [5.41, 5.74) is 1.70. The maximum absolute atomic E-state index is 13.4. The van der Waals surface area contributed by atoms with Gasteiger partial charge in [0.1, 0.15) is 11.8 Å². The number of piperidine rings is 1. The van der Waals surface area contributed by atoms with Gasteiger partial charge in [-0.2, -0.15) is 0 Å².